The molecule has 2 rings (SSSR count). The summed E-state index contributed by atoms with van der Waals surface area (Å²) in [7, 11) is 0. The number of rotatable bonds is 2. The third kappa shape index (κ3) is 2.38. The van der Waals surface area contributed by atoms with Gasteiger partial charge in [-0.1, -0.05) is 12.1 Å². The van der Waals surface area contributed by atoms with Crippen LogP contribution in [0, 0.1) is 12.7 Å². The highest BCUT2D eigenvalue weighted by molar-refractivity contribution is 5.95. The first kappa shape index (κ1) is 13.0. The van der Waals surface area contributed by atoms with Gasteiger partial charge in [-0.25, -0.2) is 4.39 Å². The molecule has 0 spiro atoms. The smallest absolute Gasteiger partial charge is 0.257 e. The third-order valence-electron chi connectivity index (χ3n) is 3.58. The van der Waals surface area contributed by atoms with Crippen molar-refractivity contribution in [1.82, 2.24) is 4.90 Å². The summed E-state index contributed by atoms with van der Waals surface area (Å²) in [6.45, 7) is 2.79. The van der Waals surface area contributed by atoms with Crippen LogP contribution in [0.3, 0.4) is 0 Å². The van der Waals surface area contributed by atoms with E-state index in [2.05, 4.69) is 0 Å². The van der Waals surface area contributed by atoms with Crippen molar-refractivity contribution in [1.29, 1.82) is 0 Å². The summed E-state index contributed by atoms with van der Waals surface area (Å²) in [5.41, 5.74) is 6.35. The number of amides is 1. The molecule has 0 bridgehead atoms. The molecule has 4 heteroatoms. The summed E-state index contributed by atoms with van der Waals surface area (Å²) in [4.78, 5) is 14.1. The van der Waals surface area contributed by atoms with Gasteiger partial charge in [-0.2, -0.15) is 0 Å². The highest BCUT2D eigenvalue weighted by atomic mass is 19.1. The van der Waals surface area contributed by atoms with E-state index in [1.54, 1.807) is 30.0 Å². The van der Waals surface area contributed by atoms with Crippen LogP contribution in [-0.4, -0.2) is 29.9 Å². The molecular weight excluding hydrogens is 231 g/mol. The zero-order valence-corrected chi connectivity index (χ0v) is 10.7. The molecule has 1 aliphatic heterocycles. The molecule has 3 nitrogen and oxygen atoms in total. The number of hydrogen-bond acceptors (Lipinski definition) is 2. The van der Waals surface area contributed by atoms with Crippen LogP contribution in [0.4, 0.5) is 4.39 Å². The monoisotopic (exact) mass is 250 g/mol. The fraction of sp³-hybridized carbons (Fsp3) is 0.500. The predicted octanol–water partition coefficient (Wildman–Crippen LogP) is 2.09. The van der Waals surface area contributed by atoms with Gasteiger partial charge in [0.05, 0.1) is 5.56 Å². The Bertz CT molecular complexity index is 447. The highest BCUT2D eigenvalue weighted by Crippen LogP contribution is 2.21. The van der Waals surface area contributed by atoms with Gasteiger partial charge >= 0.3 is 0 Å². The Hall–Kier alpha value is -1.42. The van der Waals surface area contributed by atoms with Gasteiger partial charge in [-0.15, -0.1) is 0 Å². The van der Waals surface area contributed by atoms with E-state index in [1.807, 2.05) is 0 Å². The van der Waals surface area contributed by atoms with Crippen LogP contribution in [0.2, 0.25) is 0 Å². The van der Waals surface area contributed by atoms with Crippen molar-refractivity contribution in [3.05, 3.63) is 35.1 Å². The van der Waals surface area contributed by atoms with Crippen molar-refractivity contribution in [2.75, 3.05) is 13.1 Å². The van der Waals surface area contributed by atoms with E-state index >= 15 is 0 Å². The molecule has 1 aromatic rings. The fourth-order valence-corrected chi connectivity index (χ4v) is 2.48. The summed E-state index contributed by atoms with van der Waals surface area (Å²) in [6.07, 6.45) is 2.97. The second-order valence-corrected chi connectivity index (χ2v) is 4.82. The van der Waals surface area contributed by atoms with Crippen LogP contribution < -0.4 is 5.73 Å². The maximum Gasteiger partial charge on any atom is 0.257 e. The molecule has 1 saturated heterocycles. The minimum Gasteiger partial charge on any atom is -0.334 e. The Labute approximate surface area is 107 Å². The van der Waals surface area contributed by atoms with Gasteiger partial charge in [0, 0.05) is 19.1 Å². The van der Waals surface area contributed by atoms with Gasteiger partial charge in [-0.3, -0.25) is 4.79 Å². The Balaban J connectivity index is 2.27. The molecule has 0 aliphatic carbocycles. The average molecular weight is 250 g/mol. The van der Waals surface area contributed by atoms with Crippen LogP contribution in [0.25, 0.3) is 0 Å². The molecule has 2 N–H and O–H groups in total. The molecule has 1 unspecified atom stereocenters. The third-order valence-corrected chi connectivity index (χ3v) is 3.58. The van der Waals surface area contributed by atoms with Crippen molar-refractivity contribution in [2.45, 2.75) is 32.2 Å². The Morgan fingerprint density at radius 3 is 3.00 bits per heavy atom. The number of carbonyl (C=O) groups is 1. The summed E-state index contributed by atoms with van der Waals surface area (Å²) in [5, 5.41) is 0. The molecule has 1 aromatic carbocycles. The number of aryl methyl sites for hydroxylation is 1. The lowest BCUT2D eigenvalue weighted by Crippen LogP contribution is -2.47. The van der Waals surface area contributed by atoms with E-state index in [-0.39, 0.29) is 17.5 Å². The molecule has 18 heavy (non-hydrogen) atoms. The number of nitrogens with two attached hydrogens (primary N) is 1. The number of carbonyl (C=O) groups excluding carboxylic acids is 1. The van der Waals surface area contributed by atoms with Gasteiger partial charge in [0.2, 0.25) is 0 Å². The lowest BCUT2D eigenvalue weighted by molar-refractivity contribution is 0.0618. The molecule has 1 amide bonds. The van der Waals surface area contributed by atoms with Crippen LogP contribution in [0.15, 0.2) is 18.2 Å². The molecule has 0 radical (unpaired) electrons. The topological polar surface area (TPSA) is 46.3 Å². The minimum absolute atomic E-state index is 0.0474. The maximum absolute atomic E-state index is 14.0. The Kier molecular flexibility index (Phi) is 3.97. The summed E-state index contributed by atoms with van der Waals surface area (Å²) >= 11 is 0. The van der Waals surface area contributed by atoms with Crippen LogP contribution in [0.5, 0.6) is 0 Å². The summed E-state index contributed by atoms with van der Waals surface area (Å²) in [5.74, 6) is -0.643. The first-order chi connectivity index (χ1) is 8.65. The van der Waals surface area contributed by atoms with E-state index in [1.165, 1.54) is 0 Å². The van der Waals surface area contributed by atoms with E-state index < -0.39 is 5.82 Å². The summed E-state index contributed by atoms with van der Waals surface area (Å²) < 4.78 is 14.0. The highest BCUT2D eigenvalue weighted by Gasteiger charge is 2.28. The zero-order valence-electron chi connectivity index (χ0n) is 10.7. The molecule has 1 atom stereocenters. The van der Waals surface area contributed by atoms with Crippen molar-refractivity contribution in [3.8, 4) is 0 Å². The van der Waals surface area contributed by atoms with Crippen LogP contribution in [0.1, 0.15) is 35.2 Å². The van der Waals surface area contributed by atoms with Gasteiger partial charge in [0.25, 0.3) is 5.91 Å². The van der Waals surface area contributed by atoms with Crippen LogP contribution >= 0.6 is 0 Å². The van der Waals surface area contributed by atoms with Crippen molar-refractivity contribution in [3.63, 3.8) is 0 Å². The standard InChI is InChI=1S/C14H19FN2O/c1-10-5-4-7-12(13(10)15)14(18)17-8-3-2-6-11(17)9-16/h4-5,7,11H,2-3,6,8-9,16H2,1H3. The molecular formula is C14H19FN2O. The molecule has 1 aliphatic rings. The molecule has 1 fully saturated rings. The molecule has 0 saturated carbocycles. The number of halogens is 1. The number of nitrogens with zero attached hydrogens (tertiary/aromatic N) is 1. The van der Waals surface area contributed by atoms with Gasteiger partial charge in [0.1, 0.15) is 5.82 Å². The fourth-order valence-electron chi connectivity index (χ4n) is 2.48. The van der Waals surface area contributed by atoms with E-state index in [0.717, 1.165) is 19.3 Å². The van der Waals surface area contributed by atoms with Gasteiger partial charge in [0.15, 0.2) is 0 Å². The normalized spacial score (nSPS) is 19.9. The van der Waals surface area contributed by atoms with Crippen molar-refractivity contribution < 1.29 is 9.18 Å². The van der Waals surface area contributed by atoms with E-state index in [0.29, 0.717) is 18.7 Å². The second-order valence-electron chi connectivity index (χ2n) is 4.82. The molecule has 0 aromatic heterocycles. The predicted molar refractivity (Wildman–Crippen MR) is 68.9 cm³/mol. The van der Waals surface area contributed by atoms with E-state index in [4.69, 9.17) is 5.73 Å². The number of piperidine rings is 1. The largest absolute Gasteiger partial charge is 0.334 e. The SMILES string of the molecule is Cc1cccc(C(=O)N2CCCCC2CN)c1F. The lowest BCUT2D eigenvalue weighted by Gasteiger charge is -2.35. The van der Waals surface area contributed by atoms with Crippen molar-refractivity contribution in [2.24, 2.45) is 5.73 Å². The van der Waals surface area contributed by atoms with E-state index in [9.17, 15) is 9.18 Å². The van der Waals surface area contributed by atoms with Crippen molar-refractivity contribution >= 4 is 5.91 Å². The maximum atomic E-state index is 14.0. The second kappa shape index (κ2) is 5.48. The number of likely N-dealkylation sites (tertiary alicyclic amines) is 1. The first-order valence-electron chi connectivity index (χ1n) is 6.41. The lowest BCUT2D eigenvalue weighted by atomic mass is 10.00. The first-order valence-corrected chi connectivity index (χ1v) is 6.41. The molecule has 98 valence electrons. The summed E-state index contributed by atoms with van der Waals surface area (Å²) in [6, 6.07) is 4.98. The quantitative estimate of drug-likeness (QED) is 0.873. The Morgan fingerprint density at radius 1 is 1.50 bits per heavy atom. The van der Waals surface area contributed by atoms with Crippen LogP contribution in [-0.2, 0) is 0 Å². The Morgan fingerprint density at radius 2 is 2.28 bits per heavy atom. The number of benzene rings is 1. The molecule has 1 heterocycles. The average Bonchev–Trinajstić information content (AvgIpc) is 2.41. The minimum atomic E-state index is -0.413. The van der Waals surface area contributed by atoms with Gasteiger partial charge in [-0.05, 0) is 37.8 Å². The zero-order chi connectivity index (χ0) is 13.1. The number of hydrogen-bond donors (Lipinski definition) is 1. The van der Waals surface area contributed by atoms with Gasteiger partial charge < -0.3 is 10.6 Å².